The first-order valence-electron chi connectivity index (χ1n) is 20.7. The molecule has 0 atom stereocenters. The molecule has 0 bridgehead atoms. The fourth-order valence-corrected chi connectivity index (χ4v) is 9.13. The van der Waals surface area contributed by atoms with Gasteiger partial charge in [0.25, 0.3) is 0 Å². The predicted molar refractivity (Wildman–Crippen MR) is 254 cm³/mol. The molecule has 286 valence electrons. The van der Waals surface area contributed by atoms with E-state index in [0.29, 0.717) is 0 Å². The van der Waals surface area contributed by atoms with Gasteiger partial charge in [-0.15, -0.1) is 0 Å². The molecule has 0 saturated heterocycles. The number of benzene rings is 9. The maximum Gasteiger partial charge on any atom is 0.154 e. The van der Waals surface area contributed by atoms with Crippen molar-refractivity contribution in [2.24, 2.45) is 0 Å². The van der Waals surface area contributed by atoms with Crippen LogP contribution in [0.5, 0.6) is 0 Å². The molecule has 0 aliphatic carbocycles. The minimum atomic E-state index is 0.767. The van der Waals surface area contributed by atoms with Crippen LogP contribution in [0.3, 0.4) is 0 Å². The molecule has 0 N–H and O–H groups in total. The van der Waals surface area contributed by atoms with Crippen LogP contribution in [-0.4, -0.2) is 9.55 Å². The zero-order chi connectivity index (χ0) is 40.3. The lowest BCUT2D eigenvalue weighted by Crippen LogP contribution is -2.11. The lowest BCUT2D eigenvalue weighted by Gasteiger charge is -2.25. The van der Waals surface area contributed by atoms with E-state index in [1.165, 1.54) is 49.3 Å². The second kappa shape index (κ2) is 14.3. The van der Waals surface area contributed by atoms with E-state index in [0.717, 1.165) is 61.6 Å². The topological polar surface area (TPSA) is 34.2 Å². The molecule has 0 amide bonds. The average Bonchev–Trinajstić information content (AvgIpc) is 3.88. The van der Waals surface area contributed by atoms with Crippen LogP contribution < -0.4 is 4.90 Å². The summed E-state index contributed by atoms with van der Waals surface area (Å²) in [4.78, 5) is 7.52. The van der Waals surface area contributed by atoms with E-state index in [4.69, 9.17) is 9.40 Å². The van der Waals surface area contributed by atoms with Crippen LogP contribution in [-0.2, 0) is 0 Å². The number of aromatic nitrogens is 2. The SMILES string of the molecule is c1ccc(-c2ccc(N(c3ccc(-c4cc(-c5cccc6ccccc56)ccc4-n4c5ccccc5c5ccccc54)cc3)c3ccc4oc5ccccc5c4n3)cc2)cc1. The number of nitrogens with zero attached hydrogens (tertiary/aromatic N) is 3. The van der Waals surface area contributed by atoms with Crippen molar-refractivity contribution in [3.05, 3.63) is 224 Å². The Bertz CT molecular complexity index is 3520. The molecule has 9 aromatic carbocycles. The molecule has 3 heterocycles. The molecule has 0 radical (unpaired) electrons. The Morgan fingerprint density at radius 1 is 0.377 bits per heavy atom. The van der Waals surface area contributed by atoms with E-state index in [-0.39, 0.29) is 0 Å². The van der Waals surface area contributed by atoms with Gasteiger partial charge in [0.1, 0.15) is 16.9 Å². The van der Waals surface area contributed by atoms with Gasteiger partial charge in [0.2, 0.25) is 0 Å². The number of rotatable bonds is 7. The van der Waals surface area contributed by atoms with Crippen LogP contribution in [0.4, 0.5) is 17.2 Å². The number of para-hydroxylation sites is 3. The van der Waals surface area contributed by atoms with Crippen molar-refractivity contribution in [3.8, 4) is 39.1 Å². The van der Waals surface area contributed by atoms with Gasteiger partial charge >= 0.3 is 0 Å². The monoisotopic (exact) mass is 779 g/mol. The number of hydrogen-bond acceptors (Lipinski definition) is 3. The van der Waals surface area contributed by atoms with Crippen molar-refractivity contribution >= 4 is 71.8 Å². The summed E-state index contributed by atoms with van der Waals surface area (Å²) in [5.74, 6) is 0.809. The molecule has 61 heavy (non-hydrogen) atoms. The van der Waals surface area contributed by atoms with Crippen LogP contribution in [0, 0.1) is 0 Å². The third-order valence-electron chi connectivity index (χ3n) is 12.0. The van der Waals surface area contributed by atoms with Crippen LogP contribution >= 0.6 is 0 Å². The molecule has 0 unspecified atom stereocenters. The molecule has 0 fully saturated rings. The Morgan fingerprint density at radius 2 is 0.951 bits per heavy atom. The van der Waals surface area contributed by atoms with E-state index in [1.54, 1.807) is 0 Å². The lowest BCUT2D eigenvalue weighted by molar-refractivity contribution is 0.668. The first-order chi connectivity index (χ1) is 30.2. The summed E-state index contributed by atoms with van der Waals surface area (Å²) in [6, 6.07) is 80.0. The Kier molecular flexibility index (Phi) is 8.13. The Hall–Kier alpha value is -8.21. The zero-order valence-corrected chi connectivity index (χ0v) is 33.1. The van der Waals surface area contributed by atoms with Crippen molar-refractivity contribution in [1.29, 1.82) is 0 Å². The summed E-state index contributed by atoms with van der Waals surface area (Å²) in [7, 11) is 0. The fourth-order valence-electron chi connectivity index (χ4n) is 9.13. The maximum atomic E-state index is 6.21. The molecule has 3 aromatic heterocycles. The van der Waals surface area contributed by atoms with E-state index in [1.807, 2.05) is 24.3 Å². The number of hydrogen-bond donors (Lipinski definition) is 0. The zero-order valence-electron chi connectivity index (χ0n) is 33.1. The molecule has 4 heteroatoms. The summed E-state index contributed by atoms with van der Waals surface area (Å²) in [6.07, 6.45) is 0. The lowest BCUT2D eigenvalue weighted by atomic mass is 9.94. The number of furan rings is 1. The third-order valence-corrected chi connectivity index (χ3v) is 12.0. The van der Waals surface area contributed by atoms with Crippen molar-refractivity contribution in [2.45, 2.75) is 0 Å². The molecule has 0 aliphatic rings. The highest BCUT2D eigenvalue weighted by atomic mass is 16.3. The van der Waals surface area contributed by atoms with Gasteiger partial charge in [-0.05, 0) is 111 Å². The van der Waals surface area contributed by atoms with Crippen LogP contribution in [0.25, 0.3) is 93.7 Å². The second-order valence-electron chi connectivity index (χ2n) is 15.5. The maximum absolute atomic E-state index is 6.21. The summed E-state index contributed by atoms with van der Waals surface area (Å²) in [5.41, 5.74) is 14.9. The summed E-state index contributed by atoms with van der Waals surface area (Å²) >= 11 is 0. The Labute approximate surface area is 352 Å². The molecule has 0 aliphatic heterocycles. The van der Waals surface area contributed by atoms with Crippen molar-refractivity contribution < 1.29 is 4.42 Å². The van der Waals surface area contributed by atoms with Gasteiger partial charge in [-0.1, -0.05) is 152 Å². The largest absolute Gasteiger partial charge is 0.454 e. The summed E-state index contributed by atoms with van der Waals surface area (Å²) in [5, 5.41) is 5.93. The molecular formula is C57H37N3O. The summed E-state index contributed by atoms with van der Waals surface area (Å²) in [6.45, 7) is 0. The highest BCUT2D eigenvalue weighted by molar-refractivity contribution is 6.10. The molecule has 12 aromatic rings. The van der Waals surface area contributed by atoms with Crippen molar-refractivity contribution in [2.75, 3.05) is 4.90 Å². The van der Waals surface area contributed by atoms with Crippen LogP contribution in [0.15, 0.2) is 229 Å². The fraction of sp³-hybridized carbons (Fsp3) is 0. The van der Waals surface area contributed by atoms with Gasteiger partial charge in [0, 0.05) is 33.1 Å². The van der Waals surface area contributed by atoms with E-state index in [2.05, 4.69) is 210 Å². The highest BCUT2D eigenvalue weighted by Gasteiger charge is 2.20. The van der Waals surface area contributed by atoms with Gasteiger partial charge in [0.05, 0.1) is 16.7 Å². The third kappa shape index (κ3) is 5.88. The Balaban J connectivity index is 1.04. The molecule has 12 rings (SSSR count). The van der Waals surface area contributed by atoms with E-state index >= 15 is 0 Å². The normalized spacial score (nSPS) is 11.6. The van der Waals surface area contributed by atoms with E-state index < -0.39 is 0 Å². The Morgan fingerprint density at radius 3 is 1.69 bits per heavy atom. The quantitative estimate of drug-likeness (QED) is 0.162. The van der Waals surface area contributed by atoms with Gasteiger partial charge in [0.15, 0.2) is 5.58 Å². The summed E-state index contributed by atoms with van der Waals surface area (Å²) < 4.78 is 8.63. The minimum Gasteiger partial charge on any atom is -0.454 e. The molecular weight excluding hydrogens is 743 g/mol. The van der Waals surface area contributed by atoms with Gasteiger partial charge in [-0.25, -0.2) is 4.98 Å². The van der Waals surface area contributed by atoms with E-state index in [9.17, 15) is 0 Å². The molecule has 4 nitrogen and oxygen atoms in total. The van der Waals surface area contributed by atoms with Crippen LogP contribution in [0.2, 0.25) is 0 Å². The second-order valence-corrected chi connectivity index (χ2v) is 15.5. The van der Waals surface area contributed by atoms with Crippen molar-refractivity contribution in [1.82, 2.24) is 9.55 Å². The smallest absolute Gasteiger partial charge is 0.154 e. The highest BCUT2D eigenvalue weighted by Crippen LogP contribution is 2.42. The molecule has 0 spiro atoms. The number of anilines is 3. The van der Waals surface area contributed by atoms with Gasteiger partial charge in [-0.2, -0.15) is 0 Å². The first-order valence-corrected chi connectivity index (χ1v) is 20.7. The standard InChI is InChI=1S/C57H37N3O/c1-2-13-38(14-3-1)39-25-30-43(31-26-39)59(56-36-35-55-57(58-56)49-20-8-11-24-54(49)61-55)44-32-27-41(28-33-44)50-37-42(46-21-12-16-40-15-4-5-17-45(40)46)29-34-53(50)60-51-22-9-6-18-47(51)48-19-7-10-23-52(48)60/h1-37H. The van der Waals surface area contributed by atoms with Gasteiger partial charge < -0.3 is 8.98 Å². The molecule has 0 saturated carbocycles. The van der Waals surface area contributed by atoms with Crippen molar-refractivity contribution in [3.63, 3.8) is 0 Å². The predicted octanol–water partition coefficient (Wildman–Crippen LogP) is 15.7. The number of fused-ring (bicyclic) bond motifs is 7. The minimum absolute atomic E-state index is 0.767. The van der Waals surface area contributed by atoms with Gasteiger partial charge in [-0.3, -0.25) is 4.90 Å². The number of pyridine rings is 1. The average molecular weight is 780 g/mol. The first kappa shape index (κ1) is 34.8. The van der Waals surface area contributed by atoms with Crippen LogP contribution in [0.1, 0.15) is 0 Å².